The van der Waals surface area contributed by atoms with Crippen LogP contribution in [0.15, 0.2) is 41.3 Å². The van der Waals surface area contributed by atoms with Gasteiger partial charge in [0.2, 0.25) is 0 Å². The zero-order valence-electron chi connectivity index (χ0n) is 9.70. The summed E-state index contributed by atoms with van der Waals surface area (Å²) >= 11 is 5.75. The zero-order chi connectivity index (χ0) is 14.0. The average Bonchev–Trinajstić information content (AvgIpc) is 2.26. The fourth-order valence-corrected chi connectivity index (χ4v) is 3.00. The molecule has 2 aromatic carbocycles. The monoisotopic (exact) mass is 301 g/mol. The van der Waals surface area contributed by atoms with E-state index in [1.807, 2.05) is 0 Å². The van der Waals surface area contributed by atoms with E-state index in [1.54, 1.807) is 12.1 Å². The van der Waals surface area contributed by atoms with Gasteiger partial charge in [0, 0.05) is 16.8 Å². The summed E-state index contributed by atoms with van der Waals surface area (Å²) in [5, 5.41) is 0.440. The van der Waals surface area contributed by atoms with E-state index in [2.05, 4.69) is 0 Å². The minimum absolute atomic E-state index is 0.0134. The highest BCUT2D eigenvalue weighted by atomic mass is 35.5. The van der Waals surface area contributed by atoms with E-state index in [1.165, 1.54) is 6.07 Å². The Kier molecular flexibility index (Phi) is 4.17. The quantitative estimate of drug-likeness (QED) is 0.882. The molecule has 0 aliphatic carbocycles. The summed E-state index contributed by atoms with van der Waals surface area (Å²) < 4.78 is 38.2. The van der Waals surface area contributed by atoms with Crippen LogP contribution < -0.4 is 5.73 Å². The van der Waals surface area contributed by atoms with Crippen LogP contribution in [0.25, 0.3) is 0 Å². The first-order valence-corrected chi connectivity index (χ1v) is 7.04. The van der Waals surface area contributed by atoms with Gasteiger partial charge in [0.25, 0.3) is 0 Å². The van der Waals surface area contributed by atoms with Gasteiger partial charge in [0.1, 0.15) is 11.6 Å². The van der Waals surface area contributed by atoms with E-state index in [0.717, 1.165) is 18.2 Å². The molecule has 0 aliphatic rings. The Morgan fingerprint density at radius 2 is 1.74 bits per heavy atom. The zero-order valence-corrected chi connectivity index (χ0v) is 11.3. The standard InChI is InChI=1S/C13H10ClF2NOS/c14-9-1-2-13(12(17)5-9)19(18)7-8-3-10(15)6-11(16)4-8/h1-6H,7,17H2. The molecule has 1 unspecified atom stereocenters. The van der Waals surface area contributed by atoms with Crippen molar-refractivity contribution in [3.05, 3.63) is 58.6 Å². The Morgan fingerprint density at radius 3 is 2.32 bits per heavy atom. The number of nitrogens with two attached hydrogens (primary N) is 1. The highest BCUT2D eigenvalue weighted by Gasteiger charge is 2.11. The van der Waals surface area contributed by atoms with Crippen molar-refractivity contribution in [2.24, 2.45) is 0 Å². The third kappa shape index (κ3) is 3.52. The lowest BCUT2D eigenvalue weighted by atomic mass is 10.2. The summed E-state index contributed by atoms with van der Waals surface area (Å²) in [4.78, 5) is 0.397. The van der Waals surface area contributed by atoms with E-state index >= 15 is 0 Å². The van der Waals surface area contributed by atoms with Gasteiger partial charge in [-0.2, -0.15) is 0 Å². The lowest BCUT2D eigenvalue weighted by molar-refractivity contribution is 0.581. The maximum absolute atomic E-state index is 13.0. The highest BCUT2D eigenvalue weighted by Crippen LogP contribution is 2.23. The molecular formula is C13H10ClF2NOS. The van der Waals surface area contributed by atoms with Gasteiger partial charge in [-0.15, -0.1) is 0 Å². The number of nitrogen functional groups attached to an aromatic ring is 1. The van der Waals surface area contributed by atoms with Crippen LogP contribution in [0.2, 0.25) is 5.02 Å². The first-order chi connectivity index (χ1) is 8.95. The van der Waals surface area contributed by atoms with Gasteiger partial charge in [-0.25, -0.2) is 8.78 Å². The molecule has 0 saturated carbocycles. The van der Waals surface area contributed by atoms with E-state index in [4.69, 9.17) is 17.3 Å². The van der Waals surface area contributed by atoms with Crippen LogP contribution in [0.5, 0.6) is 0 Å². The molecule has 0 saturated heterocycles. The van der Waals surface area contributed by atoms with E-state index in [0.29, 0.717) is 21.2 Å². The van der Waals surface area contributed by atoms with Crippen molar-refractivity contribution in [2.75, 3.05) is 5.73 Å². The van der Waals surface area contributed by atoms with Gasteiger partial charge in [0.15, 0.2) is 0 Å². The Bertz CT molecular complexity index is 628. The minimum atomic E-state index is -1.49. The normalized spacial score (nSPS) is 12.4. The van der Waals surface area contributed by atoms with Crippen LogP contribution in [0.4, 0.5) is 14.5 Å². The number of halogens is 3. The topological polar surface area (TPSA) is 43.1 Å². The Morgan fingerprint density at radius 1 is 1.11 bits per heavy atom. The average molecular weight is 302 g/mol. The lowest BCUT2D eigenvalue weighted by Gasteiger charge is -2.06. The first-order valence-electron chi connectivity index (χ1n) is 5.34. The van der Waals surface area contributed by atoms with E-state index in [9.17, 15) is 13.0 Å². The molecule has 0 amide bonds. The Balaban J connectivity index is 2.25. The number of benzene rings is 2. The van der Waals surface area contributed by atoms with E-state index in [-0.39, 0.29) is 5.75 Å². The molecule has 2 N–H and O–H groups in total. The fraction of sp³-hybridized carbons (Fsp3) is 0.0769. The molecule has 2 rings (SSSR count). The van der Waals surface area contributed by atoms with Gasteiger partial charge >= 0.3 is 0 Å². The molecule has 2 nitrogen and oxygen atoms in total. The smallest absolute Gasteiger partial charge is 0.126 e. The molecule has 0 heterocycles. The van der Waals surface area contributed by atoms with Gasteiger partial charge in [0.05, 0.1) is 21.4 Å². The fourth-order valence-electron chi connectivity index (χ4n) is 1.65. The second kappa shape index (κ2) is 5.67. The molecule has 19 heavy (non-hydrogen) atoms. The first kappa shape index (κ1) is 14.0. The maximum Gasteiger partial charge on any atom is 0.126 e. The van der Waals surface area contributed by atoms with Crippen molar-refractivity contribution in [2.45, 2.75) is 10.6 Å². The molecule has 100 valence electrons. The van der Waals surface area contributed by atoms with Gasteiger partial charge in [-0.3, -0.25) is 4.21 Å². The molecule has 0 aliphatic heterocycles. The SMILES string of the molecule is Nc1cc(Cl)ccc1S(=O)Cc1cc(F)cc(F)c1. The predicted molar refractivity (Wildman–Crippen MR) is 72.3 cm³/mol. The highest BCUT2D eigenvalue weighted by molar-refractivity contribution is 7.84. The van der Waals surface area contributed by atoms with Gasteiger partial charge in [-0.05, 0) is 35.9 Å². The summed E-state index contributed by atoms with van der Waals surface area (Å²) in [7, 11) is -1.49. The van der Waals surface area contributed by atoms with Gasteiger partial charge in [-0.1, -0.05) is 11.6 Å². The summed E-state index contributed by atoms with van der Waals surface area (Å²) in [5.41, 5.74) is 6.31. The summed E-state index contributed by atoms with van der Waals surface area (Å²) in [6.07, 6.45) is 0. The molecule has 0 aromatic heterocycles. The van der Waals surface area contributed by atoms with Crippen LogP contribution in [0.1, 0.15) is 5.56 Å². The second-order valence-corrected chi connectivity index (χ2v) is 5.81. The Labute approximate surface area is 116 Å². The molecule has 0 fully saturated rings. The van der Waals surface area contributed by atoms with Crippen molar-refractivity contribution >= 4 is 28.1 Å². The lowest BCUT2D eigenvalue weighted by Crippen LogP contribution is -2.01. The van der Waals surface area contributed by atoms with Crippen LogP contribution in [-0.2, 0) is 16.6 Å². The van der Waals surface area contributed by atoms with Crippen LogP contribution >= 0.6 is 11.6 Å². The number of hydrogen-bond donors (Lipinski definition) is 1. The van der Waals surface area contributed by atoms with Crippen molar-refractivity contribution in [1.29, 1.82) is 0 Å². The molecule has 0 bridgehead atoms. The van der Waals surface area contributed by atoms with Crippen molar-refractivity contribution < 1.29 is 13.0 Å². The summed E-state index contributed by atoms with van der Waals surface area (Å²) in [6.45, 7) is 0. The van der Waals surface area contributed by atoms with Crippen molar-refractivity contribution in [3.8, 4) is 0 Å². The minimum Gasteiger partial charge on any atom is -0.398 e. The summed E-state index contributed by atoms with van der Waals surface area (Å²) in [6, 6.07) is 7.66. The van der Waals surface area contributed by atoms with E-state index < -0.39 is 22.4 Å². The van der Waals surface area contributed by atoms with Crippen LogP contribution in [0.3, 0.4) is 0 Å². The third-order valence-electron chi connectivity index (χ3n) is 2.44. The largest absolute Gasteiger partial charge is 0.398 e. The van der Waals surface area contributed by atoms with Crippen molar-refractivity contribution in [1.82, 2.24) is 0 Å². The number of anilines is 1. The Hall–Kier alpha value is -1.46. The maximum atomic E-state index is 13.0. The summed E-state index contributed by atoms with van der Waals surface area (Å²) in [5.74, 6) is -1.41. The molecule has 2 aromatic rings. The molecule has 1 atom stereocenters. The second-order valence-electron chi connectivity index (χ2n) is 3.95. The van der Waals surface area contributed by atoms with Gasteiger partial charge < -0.3 is 5.73 Å². The van der Waals surface area contributed by atoms with Crippen molar-refractivity contribution in [3.63, 3.8) is 0 Å². The number of hydrogen-bond acceptors (Lipinski definition) is 2. The predicted octanol–water partition coefficient (Wildman–Crippen LogP) is 3.51. The van der Waals surface area contributed by atoms with Crippen LogP contribution in [0, 0.1) is 11.6 Å². The molecule has 6 heteroatoms. The molecule has 0 spiro atoms. The molecular weight excluding hydrogens is 292 g/mol. The molecule has 0 radical (unpaired) electrons. The number of rotatable bonds is 3. The van der Waals surface area contributed by atoms with Crippen LogP contribution in [-0.4, -0.2) is 4.21 Å². The third-order valence-corrected chi connectivity index (χ3v) is 4.13.